The molecule has 1 saturated carbocycles. The van der Waals surface area contributed by atoms with Crippen LogP contribution in [0, 0.1) is 11.2 Å². The summed E-state index contributed by atoms with van der Waals surface area (Å²) in [7, 11) is 0. The summed E-state index contributed by atoms with van der Waals surface area (Å²) in [5.41, 5.74) is 0.816. The second kappa shape index (κ2) is 6.77. The predicted octanol–water partition coefficient (Wildman–Crippen LogP) is 4.97. The third-order valence-electron chi connectivity index (χ3n) is 6.25. The van der Waals surface area contributed by atoms with Crippen LogP contribution in [-0.4, -0.2) is 35.6 Å². The molecule has 0 aromatic carbocycles. The van der Waals surface area contributed by atoms with E-state index in [4.69, 9.17) is 16.6 Å². The van der Waals surface area contributed by atoms with Gasteiger partial charge in [0.25, 0.3) is 0 Å². The third-order valence-corrected chi connectivity index (χ3v) is 6.55. The van der Waals surface area contributed by atoms with Crippen molar-refractivity contribution in [3.8, 4) is 11.4 Å². The van der Waals surface area contributed by atoms with Crippen molar-refractivity contribution in [3.63, 3.8) is 0 Å². The van der Waals surface area contributed by atoms with Gasteiger partial charge in [0.2, 0.25) is 0 Å². The summed E-state index contributed by atoms with van der Waals surface area (Å²) in [4.78, 5) is 28.3. The van der Waals surface area contributed by atoms with E-state index in [0.29, 0.717) is 44.9 Å². The lowest BCUT2D eigenvalue weighted by atomic mass is 9.71. The highest BCUT2D eigenvalue weighted by Crippen LogP contribution is 2.46. The van der Waals surface area contributed by atoms with Crippen molar-refractivity contribution in [2.24, 2.45) is 5.41 Å². The van der Waals surface area contributed by atoms with Crippen LogP contribution in [0.2, 0.25) is 5.02 Å². The summed E-state index contributed by atoms with van der Waals surface area (Å²) in [5, 5.41) is 11.6. The van der Waals surface area contributed by atoms with E-state index in [-0.39, 0.29) is 6.04 Å². The van der Waals surface area contributed by atoms with Crippen molar-refractivity contribution in [3.05, 3.63) is 41.7 Å². The number of aromatic amines is 1. The summed E-state index contributed by atoms with van der Waals surface area (Å²) < 4.78 is 15.6. The van der Waals surface area contributed by atoms with Gasteiger partial charge in [0.05, 0.1) is 28.1 Å². The van der Waals surface area contributed by atoms with Gasteiger partial charge in [-0.1, -0.05) is 24.4 Å². The highest BCUT2D eigenvalue weighted by atomic mass is 35.5. The maximum absolute atomic E-state index is 13.7. The largest absolute Gasteiger partial charge is 0.481 e. The van der Waals surface area contributed by atoms with Gasteiger partial charge in [-0.25, -0.2) is 19.3 Å². The first kappa shape index (κ1) is 19.0. The number of halogens is 2. The highest BCUT2D eigenvalue weighted by molar-refractivity contribution is 6.35. The second-order valence-electron chi connectivity index (χ2n) is 8.05. The van der Waals surface area contributed by atoms with Crippen LogP contribution in [-0.2, 0) is 4.79 Å². The zero-order chi connectivity index (χ0) is 21.0. The Morgan fingerprint density at radius 2 is 2.17 bits per heavy atom. The number of hydrogen-bond donors (Lipinski definition) is 2. The van der Waals surface area contributed by atoms with Crippen molar-refractivity contribution in [2.45, 2.75) is 38.6 Å². The first-order valence-corrected chi connectivity index (χ1v) is 10.2. The fourth-order valence-corrected chi connectivity index (χ4v) is 4.77. The Morgan fingerprint density at radius 3 is 2.97 bits per heavy atom. The average molecular weight is 428 g/mol. The van der Waals surface area contributed by atoms with E-state index in [0.717, 1.165) is 25.5 Å². The maximum Gasteiger partial charge on any atom is 0.311 e. The Kier molecular flexibility index (Phi) is 4.28. The fourth-order valence-electron chi connectivity index (χ4n) is 4.53. The van der Waals surface area contributed by atoms with Crippen LogP contribution in [0.15, 0.2) is 30.9 Å². The molecular formula is C21H19ClFN5O2. The number of carboxylic acid groups (broad SMARTS) is 1. The quantitative estimate of drug-likeness (QED) is 0.481. The molecule has 0 spiro atoms. The van der Waals surface area contributed by atoms with Gasteiger partial charge in [-0.2, -0.15) is 0 Å². The standard InChI is InChI=1S/C21H19ClFN5O2/c1-21(20(29)30)5-3-2-4-16(21)28-10-15(22)14-9-26-18(27-19(14)28)13-8-25-17-12(13)6-11(23)7-24-17/h6-10,16H,2-5H2,1H3,(H,24,25)(H,29,30)/t16-,21-/m1/s1. The van der Waals surface area contributed by atoms with Gasteiger partial charge in [-0.05, 0) is 25.8 Å². The summed E-state index contributed by atoms with van der Waals surface area (Å²) in [6.07, 6.45) is 9.35. The van der Waals surface area contributed by atoms with Gasteiger partial charge in [0, 0.05) is 29.5 Å². The van der Waals surface area contributed by atoms with Crippen LogP contribution >= 0.6 is 11.6 Å². The zero-order valence-corrected chi connectivity index (χ0v) is 16.9. The van der Waals surface area contributed by atoms with Crippen molar-refractivity contribution in [2.75, 3.05) is 0 Å². The van der Waals surface area contributed by atoms with Crippen molar-refractivity contribution < 1.29 is 14.3 Å². The number of H-pyrrole nitrogens is 1. The van der Waals surface area contributed by atoms with Gasteiger partial charge >= 0.3 is 5.97 Å². The van der Waals surface area contributed by atoms with E-state index in [9.17, 15) is 14.3 Å². The minimum Gasteiger partial charge on any atom is -0.481 e. The van der Waals surface area contributed by atoms with Gasteiger partial charge in [-0.15, -0.1) is 0 Å². The smallest absolute Gasteiger partial charge is 0.311 e. The zero-order valence-electron chi connectivity index (χ0n) is 16.2. The Hall–Kier alpha value is -3.00. The molecular weight excluding hydrogens is 409 g/mol. The number of nitrogens with one attached hydrogen (secondary N) is 1. The Morgan fingerprint density at radius 1 is 1.33 bits per heavy atom. The fraction of sp³-hybridized carbons (Fsp3) is 0.333. The third kappa shape index (κ3) is 2.78. The number of pyridine rings is 1. The van der Waals surface area contributed by atoms with Crippen LogP contribution in [0.3, 0.4) is 0 Å². The summed E-state index contributed by atoms with van der Waals surface area (Å²) in [5.74, 6) is -0.877. The van der Waals surface area contributed by atoms with E-state index in [1.165, 1.54) is 6.07 Å². The van der Waals surface area contributed by atoms with Crippen LogP contribution in [0.5, 0.6) is 0 Å². The van der Waals surface area contributed by atoms with Crippen molar-refractivity contribution in [1.29, 1.82) is 0 Å². The molecule has 0 amide bonds. The van der Waals surface area contributed by atoms with E-state index in [2.05, 4.69) is 15.0 Å². The lowest BCUT2D eigenvalue weighted by Crippen LogP contribution is -2.39. The monoisotopic (exact) mass is 427 g/mol. The van der Waals surface area contributed by atoms with Crippen LogP contribution in [0.1, 0.15) is 38.6 Å². The minimum absolute atomic E-state index is 0.274. The molecule has 0 saturated heterocycles. The number of hydrogen-bond acceptors (Lipinski definition) is 4. The van der Waals surface area contributed by atoms with Crippen LogP contribution in [0.4, 0.5) is 4.39 Å². The number of rotatable bonds is 3. The minimum atomic E-state index is -0.910. The predicted molar refractivity (Wildman–Crippen MR) is 111 cm³/mol. The molecule has 0 radical (unpaired) electrons. The lowest BCUT2D eigenvalue weighted by molar-refractivity contribution is -0.152. The molecule has 4 heterocycles. The topological polar surface area (TPSA) is 96.7 Å². The molecule has 2 atom stereocenters. The molecule has 0 unspecified atom stereocenters. The van der Waals surface area contributed by atoms with Gasteiger partial charge in [0.1, 0.15) is 17.1 Å². The van der Waals surface area contributed by atoms with E-state index in [1.54, 1.807) is 25.5 Å². The van der Waals surface area contributed by atoms with Gasteiger partial charge in [-0.3, -0.25) is 4.79 Å². The molecule has 30 heavy (non-hydrogen) atoms. The molecule has 1 fully saturated rings. The Balaban J connectivity index is 1.70. The number of aliphatic carboxylic acids is 1. The summed E-state index contributed by atoms with van der Waals surface area (Å²) >= 11 is 6.45. The molecule has 154 valence electrons. The average Bonchev–Trinajstić information content (AvgIpc) is 3.28. The highest BCUT2D eigenvalue weighted by Gasteiger charge is 2.44. The number of nitrogens with zero attached hydrogens (tertiary/aromatic N) is 4. The molecule has 7 nitrogen and oxygen atoms in total. The molecule has 4 aromatic rings. The lowest BCUT2D eigenvalue weighted by Gasteiger charge is -2.39. The van der Waals surface area contributed by atoms with Crippen LogP contribution in [0.25, 0.3) is 33.5 Å². The number of aromatic nitrogens is 5. The molecule has 0 bridgehead atoms. The van der Waals surface area contributed by atoms with Crippen molar-refractivity contribution in [1.82, 2.24) is 24.5 Å². The summed E-state index contributed by atoms with van der Waals surface area (Å²) in [6.45, 7) is 1.79. The Bertz CT molecular complexity index is 1300. The first-order chi connectivity index (χ1) is 14.4. The number of carbonyl (C=O) groups is 1. The number of carboxylic acids is 1. The SMILES string of the molecule is C[C@@]1(C(=O)O)CCCC[C@H]1n1cc(Cl)c2cnc(-c3c[nH]c4ncc(F)cc34)nc21. The van der Waals surface area contributed by atoms with Gasteiger partial charge in [0.15, 0.2) is 5.82 Å². The van der Waals surface area contributed by atoms with E-state index in [1.807, 2.05) is 4.57 Å². The normalized spacial score (nSPS) is 22.0. The van der Waals surface area contributed by atoms with E-state index < -0.39 is 17.2 Å². The molecule has 0 aliphatic heterocycles. The summed E-state index contributed by atoms with van der Waals surface area (Å²) in [6, 6.07) is 1.11. The maximum atomic E-state index is 13.7. The number of fused-ring (bicyclic) bond motifs is 2. The molecule has 1 aliphatic rings. The molecule has 9 heteroatoms. The van der Waals surface area contributed by atoms with Crippen LogP contribution < -0.4 is 0 Å². The molecule has 4 aromatic heterocycles. The molecule has 5 rings (SSSR count). The first-order valence-electron chi connectivity index (χ1n) is 9.78. The Labute approximate surface area is 175 Å². The van der Waals surface area contributed by atoms with E-state index >= 15 is 0 Å². The second-order valence-corrected chi connectivity index (χ2v) is 8.46. The molecule has 2 N–H and O–H groups in total. The van der Waals surface area contributed by atoms with Gasteiger partial charge < -0.3 is 14.7 Å². The van der Waals surface area contributed by atoms with Crippen molar-refractivity contribution >= 4 is 39.6 Å². The molecule has 1 aliphatic carbocycles.